The summed E-state index contributed by atoms with van der Waals surface area (Å²) in [6.07, 6.45) is 2.68. The van der Waals surface area contributed by atoms with E-state index in [2.05, 4.69) is 23.6 Å². The molecule has 0 spiro atoms. The second-order valence-electron chi connectivity index (χ2n) is 5.14. The highest BCUT2D eigenvalue weighted by atomic mass is 32.2. The zero-order valence-electron chi connectivity index (χ0n) is 11.8. The summed E-state index contributed by atoms with van der Waals surface area (Å²) in [6.45, 7) is 6.01. The second kappa shape index (κ2) is 7.14. The molecule has 114 valence electrons. The fourth-order valence-corrected chi connectivity index (χ4v) is 4.21. The molecule has 0 saturated heterocycles. The average Bonchev–Trinajstić information content (AvgIpc) is 2.76. The van der Waals surface area contributed by atoms with Crippen LogP contribution in [0.25, 0.3) is 0 Å². The van der Waals surface area contributed by atoms with Crippen LogP contribution < -0.4 is 4.72 Å². The summed E-state index contributed by atoms with van der Waals surface area (Å²) in [4.78, 5) is 14.5. The molecule has 1 unspecified atom stereocenters. The molecule has 1 atom stereocenters. The van der Waals surface area contributed by atoms with Crippen LogP contribution in [-0.4, -0.2) is 30.5 Å². The number of thiazole rings is 1. The Balaban J connectivity index is 2.70. The third-order valence-corrected chi connectivity index (χ3v) is 5.72. The van der Waals surface area contributed by atoms with Crippen molar-refractivity contribution in [3.8, 4) is 0 Å². The summed E-state index contributed by atoms with van der Waals surface area (Å²) in [5.41, 5.74) is 0.804. The highest BCUT2D eigenvalue weighted by Crippen LogP contribution is 2.20. The summed E-state index contributed by atoms with van der Waals surface area (Å²) in [5, 5.41) is 8.91. The minimum absolute atomic E-state index is 0.234. The van der Waals surface area contributed by atoms with Gasteiger partial charge in [0.25, 0.3) is 10.0 Å². The van der Waals surface area contributed by atoms with Gasteiger partial charge in [0.15, 0.2) is 9.90 Å². The Labute approximate surface area is 123 Å². The average molecular weight is 320 g/mol. The Morgan fingerprint density at radius 2 is 2.05 bits per heavy atom. The normalized spacial score (nSPS) is 13.6. The van der Waals surface area contributed by atoms with Gasteiger partial charge in [0.1, 0.15) is 0 Å². The molecule has 2 N–H and O–H groups in total. The second-order valence-corrected chi connectivity index (χ2v) is 7.90. The van der Waals surface area contributed by atoms with Gasteiger partial charge in [0.2, 0.25) is 0 Å². The molecule has 0 aliphatic heterocycles. The summed E-state index contributed by atoms with van der Waals surface area (Å²) in [5.74, 6) is -0.752. The van der Waals surface area contributed by atoms with Crippen LogP contribution in [0.4, 0.5) is 0 Å². The summed E-state index contributed by atoms with van der Waals surface area (Å²) in [7, 11) is -3.82. The molecule has 0 bridgehead atoms. The zero-order chi connectivity index (χ0) is 15.3. The molecule has 0 saturated carbocycles. The van der Waals surface area contributed by atoms with Crippen molar-refractivity contribution in [3.63, 3.8) is 0 Å². The van der Waals surface area contributed by atoms with Crippen molar-refractivity contribution < 1.29 is 18.3 Å². The van der Waals surface area contributed by atoms with E-state index in [9.17, 15) is 13.2 Å². The van der Waals surface area contributed by atoms with E-state index in [1.807, 2.05) is 0 Å². The Bertz CT molecular complexity index is 552. The summed E-state index contributed by atoms with van der Waals surface area (Å²) >= 11 is 0.813. The summed E-state index contributed by atoms with van der Waals surface area (Å²) in [6, 6.07) is -0.234. The number of sulfonamides is 1. The van der Waals surface area contributed by atoms with Gasteiger partial charge in [-0.1, -0.05) is 26.7 Å². The van der Waals surface area contributed by atoms with Crippen molar-refractivity contribution in [2.45, 2.75) is 50.3 Å². The van der Waals surface area contributed by atoms with Gasteiger partial charge in [-0.2, -0.15) is 0 Å². The van der Waals surface area contributed by atoms with Crippen LogP contribution in [0.2, 0.25) is 0 Å². The van der Waals surface area contributed by atoms with Crippen molar-refractivity contribution >= 4 is 27.3 Å². The number of aromatic nitrogens is 1. The lowest BCUT2D eigenvalue weighted by Crippen LogP contribution is -2.33. The zero-order valence-corrected chi connectivity index (χ0v) is 13.4. The highest BCUT2D eigenvalue weighted by molar-refractivity contribution is 7.91. The SMILES string of the molecule is CC(C)CCCC(C)NS(=O)(=O)c1scnc1C(=O)O. The lowest BCUT2D eigenvalue weighted by molar-refractivity contribution is 0.0687. The maximum atomic E-state index is 12.1. The largest absolute Gasteiger partial charge is 0.476 e. The topological polar surface area (TPSA) is 96.4 Å². The molecule has 0 radical (unpaired) electrons. The number of hydrogen-bond donors (Lipinski definition) is 2. The van der Waals surface area contributed by atoms with Gasteiger partial charge in [-0.3, -0.25) is 0 Å². The van der Waals surface area contributed by atoms with E-state index >= 15 is 0 Å². The molecule has 0 fully saturated rings. The number of carboxylic acid groups (broad SMARTS) is 1. The predicted octanol–water partition coefficient (Wildman–Crippen LogP) is 2.33. The molecular formula is C12H20N2O4S2. The first kappa shape index (κ1) is 17.1. The minimum Gasteiger partial charge on any atom is -0.476 e. The third-order valence-electron chi connectivity index (χ3n) is 2.76. The quantitative estimate of drug-likeness (QED) is 0.766. The van der Waals surface area contributed by atoms with Crippen molar-refractivity contribution in [2.75, 3.05) is 0 Å². The fourth-order valence-electron chi connectivity index (χ4n) is 1.78. The van der Waals surface area contributed by atoms with Gasteiger partial charge in [-0.05, 0) is 19.3 Å². The van der Waals surface area contributed by atoms with Crippen molar-refractivity contribution in [3.05, 3.63) is 11.2 Å². The van der Waals surface area contributed by atoms with Gasteiger partial charge < -0.3 is 5.11 Å². The standard InChI is InChI=1S/C12H20N2O4S2/c1-8(2)5-4-6-9(3)14-20(17,18)12-10(11(15)16)13-7-19-12/h7-9,14H,4-6H2,1-3H3,(H,15,16). The van der Waals surface area contributed by atoms with Gasteiger partial charge in [0.05, 0.1) is 5.51 Å². The van der Waals surface area contributed by atoms with Crippen LogP contribution in [0.5, 0.6) is 0 Å². The molecule has 1 aromatic heterocycles. The highest BCUT2D eigenvalue weighted by Gasteiger charge is 2.26. The molecule has 0 aliphatic rings. The van der Waals surface area contributed by atoms with Gasteiger partial charge in [-0.15, -0.1) is 11.3 Å². The predicted molar refractivity (Wildman–Crippen MR) is 77.5 cm³/mol. The first-order valence-corrected chi connectivity index (χ1v) is 8.79. The van der Waals surface area contributed by atoms with Crippen LogP contribution >= 0.6 is 11.3 Å². The van der Waals surface area contributed by atoms with E-state index in [1.54, 1.807) is 6.92 Å². The molecule has 1 aromatic rings. The number of nitrogens with one attached hydrogen (secondary N) is 1. The molecular weight excluding hydrogens is 300 g/mol. The molecule has 20 heavy (non-hydrogen) atoms. The number of carbonyl (C=O) groups is 1. The van der Waals surface area contributed by atoms with E-state index < -0.39 is 21.7 Å². The van der Waals surface area contributed by atoms with Crippen molar-refractivity contribution in [1.82, 2.24) is 9.71 Å². The van der Waals surface area contributed by atoms with Crippen LogP contribution in [0.15, 0.2) is 9.72 Å². The number of rotatable bonds is 8. The van der Waals surface area contributed by atoms with Gasteiger partial charge in [0, 0.05) is 6.04 Å². The Morgan fingerprint density at radius 3 is 2.60 bits per heavy atom. The first-order chi connectivity index (χ1) is 9.24. The maximum Gasteiger partial charge on any atom is 0.356 e. The summed E-state index contributed by atoms with van der Waals surface area (Å²) < 4.78 is 26.5. The third kappa shape index (κ3) is 4.84. The molecule has 0 amide bonds. The molecule has 0 aromatic carbocycles. The number of carboxylic acids is 1. The maximum absolute atomic E-state index is 12.1. The lowest BCUT2D eigenvalue weighted by Gasteiger charge is -2.14. The van der Waals surface area contributed by atoms with Crippen LogP contribution in [0, 0.1) is 5.92 Å². The van der Waals surface area contributed by atoms with E-state index in [0.29, 0.717) is 5.92 Å². The van der Waals surface area contributed by atoms with Crippen LogP contribution in [-0.2, 0) is 10.0 Å². The molecule has 0 aliphatic carbocycles. The smallest absolute Gasteiger partial charge is 0.356 e. The molecule has 1 rings (SSSR count). The van der Waals surface area contributed by atoms with E-state index in [4.69, 9.17) is 5.11 Å². The van der Waals surface area contributed by atoms with E-state index in [1.165, 1.54) is 5.51 Å². The van der Waals surface area contributed by atoms with Crippen LogP contribution in [0.3, 0.4) is 0 Å². The van der Waals surface area contributed by atoms with Gasteiger partial charge >= 0.3 is 5.97 Å². The first-order valence-electron chi connectivity index (χ1n) is 6.43. The minimum atomic E-state index is -3.82. The molecule has 6 nitrogen and oxygen atoms in total. The monoisotopic (exact) mass is 320 g/mol. The van der Waals surface area contributed by atoms with Crippen LogP contribution in [0.1, 0.15) is 50.5 Å². The molecule has 1 heterocycles. The number of hydrogen-bond acceptors (Lipinski definition) is 5. The van der Waals surface area contributed by atoms with Gasteiger partial charge in [-0.25, -0.2) is 22.9 Å². The number of nitrogens with zero attached hydrogens (tertiary/aromatic N) is 1. The van der Waals surface area contributed by atoms with E-state index in [0.717, 1.165) is 30.6 Å². The Hall–Kier alpha value is -0.990. The van der Waals surface area contributed by atoms with E-state index in [-0.39, 0.29) is 10.3 Å². The van der Waals surface area contributed by atoms with Crippen molar-refractivity contribution in [1.29, 1.82) is 0 Å². The number of aromatic carboxylic acids is 1. The fraction of sp³-hybridized carbons (Fsp3) is 0.667. The Morgan fingerprint density at radius 1 is 1.40 bits per heavy atom. The lowest BCUT2D eigenvalue weighted by atomic mass is 10.0. The van der Waals surface area contributed by atoms with Crippen molar-refractivity contribution in [2.24, 2.45) is 5.92 Å². The Kier molecular flexibility index (Phi) is 6.09. The molecule has 8 heteroatoms.